The average molecular weight is 368 g/mol. The first-order valence-corrected chi connectivity index (χ1v) is 11.3. The number of carbonyl (C=O) groups is 1. The van der Waals surface area contributed by atoms with Crippen molar-refractivity contribution in [2.24, 2.45) is 22.7 Å². The molecule has 3 aliphatic heterocycles. The van der Waals surface area contributed by atoms with Crippen LogP contribution < -0.4 is 0 Å². The van der Waals surface area contributed by atoms with Crippen LogP contribution in [0.1, 0.15) is 52.9 Å². The number of rotatable bonds is 1. The van der Waals surface area contributed by atoms with Crippen LogP contribution in [0, 0.1) is 22.7 Å². The van der Waals surface area contributed by atoms with E-state index in [0.29, 0.717) is 5.92 Å². The molecule has 0 radical (unpaired) electrons. The maximum atomic E-state index is 13.5. The van der Waals surface area contributed by atoms with E-state index >= 15 is 0 Å². The van der Waals surface area contributed by atoms with Gasteiger partial charge in [0.05, 0.1) is 23.8 Å². The maximum Gasteiger partial charge on any atom is 0.243 e. The quantitative estimate of drug-likeness (QED) is 0.706. The Balaban J connectivity index is 1.53. The van der Waals surface area contributed by atoms with Crippen LogP contribution >= 0.6 is 0 Å². The largest absolute Gasteiger partial charge is 0.295 e. The molecule has 0 aromatic carbocycles. The van der Waals surface area contributed by atoms with Crippen LogP contribution in [0.4, 0.5) is 0 Å². The van der Waals surface area contributed by atoms with Gasteiger partial charge < -0.3 is 0 Å². The van der Waals surface area contributed by atoms with Gasteiger partial charge in [-0.05, 0) is 50.4 Å². The number of fused-ring (bicyclic) bond motifs is 2. The monoisotopic (exact) mass is 368 g/mol. The molecule has 3 heterocycles. The smallest absolute Gasteiger partial charge is 0.243 e. The number of hydrogen-bond acceptors (Lipinski definition) is 5. The van der Waals surface area contributed by atoms with Gasteiger partial charge in [0, 0.05) is 18.0 Å². The fourth-order valence-electron chi connectivity index (χ4n) is 6.94. The van der Waals surface area contributed by atoms with Gasteiger partial charge in [0.2, 0.25) is 15.9 Å². The van der Waals surface area contributed by atoms with Crippen molar-refractivity contribution >= 4 is 15.9 Å². The van der Waals surface area contributed by atoms with E-state index in [1.165, 1.54) is 4.31 Å². The lowest BCUT2D eigenvalue weighted by Crippen LogP contribution is -2.49. The Morgan fingerprint density at radius 1 is 1.24 bits per heavy atom. The zero-order valence-corrected chi connectivity index (χ0v) is 16.1. The van der Waals surface area contributed by atoms with E-state index < -0.39 is 10.0 Å². The molecule has 4 unspecified atom stereocenters. The van der Waals surface area contributed by atoms with E-state index in [2.05, 4.69) is 13.8 Å². The molecule has 5 rings (SSSR count). The predicted molar refractivity (Wildman–Crippen MR) is 91.7 cm³/mol. The van der Waals surface area contributed by atoms with E-state index in [4.69, 9.17) is 4.84 Å². The van der Waals surface area contributed by atoms with Crippen molar-refractivity contribution in [3.05, 3.63) is 0 Å². The molecule has 0 aromatic heterocycles. The Morgan fingerprint density at radius 2 is 2.00 bits per heavy atom. The molecule has 5 aliphatic rings. The highest BCUT2D eigenvalue weighted by Crippen LogP contribution is 2.70. The lowest BCUT2D eigenvalue weighted by Gasteiger charge is -2.37. The Kier molecular flexibility index (Phi) is 3.16. The standard InChI is InChI=1S/C18H28N2O4S/c1-11-15(13-5-4-8-19(13)24-11)16(21)20-14-9-12-6-7-18(14,17(12,2)3)10-25(20,22)23/h11-15H,4-10H2,1-3H3/t11-,12?,13?,14?,15+,18?/m1/s1. The number of hydroxylamine groups is 2. The van der Waals surface area contributed by atoms with Crippen molar-refractivity contribution in [3.8, 4) is 0 Å². The van der Waals surface area contributed by atoms with Gasteiger partial charge in [0.15, 0.2) is 0 Å². The molecular formula is C18H28N2O4S. The summed E-state index contributed by atoms with van der Waals surface area (Å²) < 4.78 is 27.5. The summed E-state index contributed by atoms with van der Waals surface area (Å²) in [5.74, 6) is 0.126. The number of nitrogens with zero attached hydrogens (tertiary/aromatic N) is 2. The second kappa shape index (κ2) is 4.78. The zero-order chi connectivity index (χ0) is 17.8. The molecule has 0 N–H and O–H groups in total. The predicted octanol–water partition coefficient (Wildman–Crippen LogP) is 1.77. The van der Waals surface area contributed by atoms with Crippen LogP contribution in [0.15, 0.2) is 0 Å². The number of hydrogen-bond donors (Lipinski definition) is 0. The van der Waals surface area contributed by atoms with Gasteiger partial charge in [0.25, 0.3) is 0 Å². The molecule has 3 saturated heterocycles. The normalized spacial score (nSPS) is 49.6. The second-order valence-corrected chi connectivity index (χ2v) is 11.3. The minimum atomic E-state index is -3.54. The first-order chi connectivity index (χ1) is 11.7. The van der Waals surface area contributed by atoms with Crippen molar-refractivity contribution in [1.82, 2.24) is 9.37 Å². The molecule has 6 atom stereocenters. The Bertz CT molecular complexity index is 735. The number of carbonyl (C=O) groups excluding carboxylic acids is 1. The summed E-state index contributed by atoms with van der Waals surface area (Å²) in [4.78, 5) is 19.3. The molecule has 0 aromatic rings. The third kappa shape index (κ3) is 1.82. The molecule has 2 saturated carbocycles. The molecular weight excluding hydrogens is 340 g/mol. The van der Waals surface area contributed by atoms with E-state index in [-0.39, 0.29) is 46.6 Å². The van der Waals surface area contributed by atoms with E-state index in [1.54, 1.807) is 0 Å². The van der Waals surface area contributed by atoms with Crippen molar-refractivity contribution < 1.29 is 18.0 Å². The topological polar surface area (TPSA) is 66.9 Å². The van der Waals surface area contributed by atoms with Gasteiger partial charge in [-0.1, -0.05) is 13.8 Å². The van der Waals surface area contributed by atoms with Gasteiger partial charge in [-0.15, -0.1) is 0 Å². The molecule has 25 heavy (non-hydrogen) atoms. The van der Waals surface area contributed by atoms with Crippen LogP contribution in [-0.2, 0) is 19.7 Å². The van der Waals surface area contributed by atoms with E-state index in [0.717, 1.165) is 38.6 Å². The molecule has 1 spiro atoms. The minimum absolute atomic E-state index is 0.00302. The lowest BCUT2D eigenvalue weighted by atomic mass is 9.69. The molecule has 5 fully saturated rings. The summed E-state index contributed by atoms with van der Waals surface area (Å²) >= 11 is 0. The Morgan fingerprint density at radius 3 is 2.72 bits per heavy atom. The second-order valence-electron chi connectivity index (χ2n) is 9.44. The molecule has 140 valence electrons. The van der Waals surface area contributed by atoms with Gasteiger partial charge in [-0.25, -0.2) is 12.7 Å². The fourth-order valence-corrected chi connectivity index (χ4v) is 9.51. The highest BCUT2D eigenvalue weighted by Gasteiger charge is 2.73. The van der Waals surface area contributed by atoms with Crippen LogP contribution in [0.5, 0.6) is 0 Å². The number of amides is 1. The SMILES string of the molecule is C[C@H]1ON2CCCC2[C@H]1C(=O)N1C2CC3CCC2(CS1(=O)=O)C3(C)C. The first kappa shape index (κ1) is 16.5. The summed E-state index contributed by atoms with van der Waals surface area (Å²) in [5.41, 5.74) is -0.249. The van der Waals surface area contributed by atoms with Gasteiger partial charge in [-0.3, -0.25) is 9.63 Å². The van der Waals surface area contributed by atoms with Crippen molar-refractivity contribution in [1.29, 1.82) is 0 Å². The minimum Gasteiger partial charge on any atom is -0.295 e. The fraction of sp³-hybridized carbons (Fsp3) is 0.944. The van der Waals surface area contributed by atoms with Gasteiger partial charge >= 0.3 is 0 Å². The summed E-state index contributed by atoms with van der Waals surface area (Å²) in [6.45, 7) is 7.18. The lowest BCUT2D eigenvalue weighted by molar-refractivity contribution is -0.145. The molecule has 6 nitrogen and oxygen atoms in total. The highest BCUT2D eigenvalue weighted by atomic mass is 32.2. The molecule has 2 aliphatic carbocycles. The zero-order valence-electron chi connectivity index (χ0n) is 15.3. The number of sulfonamides is 1. The van der Waals surface area contributed by atoms with E-state index in [1.807, 2.05) is 12.0 Å². The summed E-state index contributed by atoms with van der Waals surface area (Å²) in [6, 6.07) is -0.0951. The van der Waals surface area contributed by atoms with Crippen molar-refractivity contribution in [3.63, 3.8) is 0 Å². The van der Waals surface area contributed by atoms with Crippen molar-refractivity contribution in [2.45, 2.75) is 71.1 Å². The first-order valence-electron chi connectivity index (χ1n) is 9.68. The molecule has 7 heteroatoms. The molecule has 2 bridgehead atoms. The van der Waals surface area contributed by atoms with Gasteiger partial charge in [0.1, 0.15) is 0 Å². The summed E-state index contributed by atoms with van der Waals surface area (Å²) in [6.07, 6.45) is 4.56. The van der Waals surface area contributed by atoms with Crippen LogP contribution in [0.3, 0.4) is 0 Å². The van der Waals surface area contributed by atoms with E-state index in [9.17, 15) is 13.2 Å². The average Bonchev–Trinajstić information content (AvgIpc) is 3.21. The third-order valence-corrected chi connectivity index (χ3v) is 10.3. The van der Waals surface area contributed by atoms with Crippen LogP contribution in [0.2, 0.25) is 0 Å². The Hall–Kier alpha value is -0.660. The molecule has 1 amide bonds. The van der Waals surface area contributed by atoms with Crippen LogP contribution in [0.25, 0.3) is 0 Å². The van der Waals surface area contributed by atoms with Crippen LogP contribution in [-0.4, -0.2) is 54.2 Å². The summed E-state index contributed by atoms with van der Waals surface area (Å²) in [5, 5.41) is 1.91. The van der Waals surface area contributed by atoms with Gasteiger partial charge in [-0.2, -0.15) is 5.06 Å². The highest BCUT2D eigenvalue weighted by molar-refractivity contribution is 7.90. The maximum absolute atomic E-state index is 13.5. The summed E-state index contributed by atoms with van der Waals surface area (Å²) in [7, 11) is -3.54. The van der Waals surface area contributed by atoms with Crippen molar-refractivity contribution in [2.75, 3.05) is 12.3 Å². The third-order valence-electron chi connectivity index (χ3n) is 8.38. The Labute approximate surface area is 149 Å².